The van der Waals surface area contributed by atoms with Gasteiger partial charge in [0.2, 0.25) is 5.91 Å². The van der Waals surface area contributed by atoms with E-state index in [1.54, 1.807) is 4.90 Å². The number of likely N-dealkylation sites (N-methyl/N-ethyl adjacent to an activating group) is 1. The van der Waals surface area contributed by atoms with Gasteiger partial charge >= 0.3 is 0 Å². The number of nitrogens with zero attached hydrogens (tertiary/aromatic N) is 1. The Labute approximate surface area is 92.0 Å². The lowest BCUT2D eigenvalue weighted by molar-refractivity contribution is -0.132. The van der Waals surface area contributed by atoms with Crippen LogP contribution in [0.3, 0.4) is 0 Å². The van der Waals surface area contributed by atoms with Gasteiger partial charge in [0.1, 0.15) is 0 Å². The number of nitrogens with one attached hydrogen (secondary N) is 1. The third-order valence-electron chi connectivity index (χ3n) is 2.61. The molecule has 1 amide bonds. The van der Waals surface area contributed by atoms with E-state index in [4.69, 9.17) is 4.74 Å². The number of hydrogen-bond donors (Lipinski definition) is 1. The summed E-state index contributed by atoms with van der Waals surface area (Å²) in [6.07, 6.45) is 2.30. The van der Waals surface area contributed by atoms with Crippen molar-refractivity contribution >= 4 is 5.91 Å². The van der Waals surface area contributed by atoms with E-state index < -0.39 is 0 Å². The van der Waals surface area contributed by atoms with Crippen molar-refractivity contribution in [2.45, 2.75) is 38.8 Å². The number of hydrogen-bond acceptors (Lipinski definition) is 3. The van der Waals surface area contributed by atoms with E-state index in [1.807, 2.05) is 20.9 Å². The maximum atomic E-state index is 11.8. The minimum Gasteiger partial charge on any atom is -0.377 e. The van der Waals surface area contributed by atoms with Crippen LogP contribution in [0.5, 0.6) is 0 Å². The van der Waals surface area contributed by atoms with Crippen LogP contribution < -0.4 is 5.32 Å². The second kappa shape index (κ2) is 6.08. The summed E-state index contributed by atoms with van der Waals surface area (Å²) >= 11 is 0. The lowest BCUT2D eigenvalue weighted by Crippen LogP contribution is -2.42. The molecule has 0 bridgehead atoms. The zero-order valence-electron chi connectivity index (χ0n) is 9.95. The van der Waals surface area contributed by atoms with Gasteiger partial charge in [0.15, 0.2) is 0 Å². The maximum absolute atomic E-state index is 11.8. The summed E-state index contributed by atoms with van der Waals surface area (Å²) < 4.78 is 5.41. The monoisotopic (exact) mass is 214 g/mol. The summed E-state index contributed by atoms with van der Waals surface area (Å²) in [6.45, 7) is 6.26. The van der Waals surface area contributed by atoms with Crippen LogP contribution in [0.15, 0.2) is 0 Å². The van der Waals surface area contributed by atoms with E-state index in [0.29, 0.717) is 13.2 Å². The molecule has 1 aliphatic rings. The van der Waals surface area contributed by atoms with Gasteiger partial charge in [-0.3, -0.25) is 4.79 Å². The Balaban J connectivity index is 2.20. The van der Waals surface area contributed by atoms with E-state index in [1.165, 1.54) is 0 Å². The fourth-order valence-electron chi connectivity index (χ4n) is 1.70. The van der Waals surface area contributed by atoms with Crippen LogP contribution >= 0.6 is 0 Å². The van der Waals surface area contributed by atoms with Gasteiger partial charge in [0.25, 0.3) is 0 Å². The van der Waals surface area contributed by atoms with Gasteiger partial charge in [-0.2, -0.15) is 0 Å². The molecule has 0 aromatic rings. The first-order valence-electron chi connectivity index (χ1n) is 5.71. The number of amides is 1. The topological polar surface area (TPSA) is 41.6 Å². The van der Waals surface area contributed by atoms with Crippen LogP contribution in [-0.2, 0) is 9.53 Å². The van der Waals surface area contributed by atoms with Crippen molar-refractivity contribution < 1.29 is 9.53 Å². The maximum Gasteiger partial charge on any atom is 0.239 e. The molecule has 0 spiro atoms. The number of ether oxygens (including phenoxy) is 1. The first-order chi connectivity index (χ1) is 7.11. The summed E-state index contributed by atoms with van der Waals surface area (Å²) in [6, 6.07) is 0.0362. The average molecular weight is 214 g/mol. The van der Waals surface area contributed by atoms with E-state index in [2.05, 4.69) is 5.32 Å². The Morgan fingerprint density at radius 1 is 1.60 bits per heavy atom. The highest BCUT2D eigenvalue weighted by Crippen LogP contribution is 2.07. The van der Waals surface area contributed by atoms with Gasteiger partial charge in [-0.1, -0.05) is 0 Å². The lowest BCUT2D eigenvalue weighted by atomic mass is 10.2. The SMILES string of the molecule is CC(C)OCCN(C)C(=O)C1CCCN1. The third-order valence-corrected chi connectivity index (χ3v) is 2.61. The Morgan fingerprint density at radius 3 is 2.87 bits per heavy atom. The van der Waals surface area contributed by atoms with Crippen LogP contribution in [-0.4, -0.2) is 49.7 Å². The summed E-state index contributed by atoms with van der Waals surface area (Å²) in [7, 11) is 1.84. The minimum atomic E-state index is 0.0362. The predicted molar refractivity (Wildman–Crippen MR) is 59.7 cm³/mol. The molecule has 1 saturated heterocycles. The zero-order chi connectivity index (χ0) is 11.3. The molecule has 1 rings (SSSR count). The fourth-order valence-corrected chi connectivity index (χ4v) is 1.70. The molecule has 0 saturated carbocycles. The van der Waals surface area contributed by atoms with E-state index in [-0.39, 0.29) is 18.1 Å². The molecule has 1 aliphatic heterocycles. The smallest absolute Gasteiger partial charge is 0.239 e. The third kappa shape index (κ3) is 4.18. The van der Waals surface area contributed by atoms with Crippen molar-refractivity contribution in [3.05, 3.63) is 0 Å². The molecule has 1 unspecified atom stereocenters. The molecule has 0 aromatic carbocycles. The second-order valence-electron chi connectivity index (χ2n) is 4.33. The molecule has 1 atom stereocenters. The van der Waals surface area contributed by atoms with Gasteiger partial charge in [-0.05, 0) is 33.2 Å². The highest BCUT2D eigenvalue weighted by atomic mass is 16.5. The average Bonchev–Trinajstić information content (AvgIpc) is 2.68. The first-order valence-corrected chi connectivity index (χ1v) is 5.71. The molecule has 0 aromatic heterocycles. The van der Waals surface area contributed by atoms with E-state index in [0.717, 1.165) is 19.4 Å². The molecular weight excluding hydrogens is 192 g/mol. The zero-order valence-corrected chi connectivity index (χ0v) is 9.95. The van der Waals surface area contributed by atoms with Crippen LogP contribution in [0.1, 0.15) is 26.7 Å². The molecular formula is C11H22N2O2. The lowest BCUT2D eigenvalue weighted by Gasteiger charge is -2.21. The van der Waals surface area contributed by atoms with Gasteiger partial charge in [0.05, 0.1) is 18.8 Å². The van der Waals surface area contributed by atoms with E-state index >= 15 is 0 Å². The summed E-state index contributed by atoms with van der Waals surface area (Å²) in [5, 5.41) is 3.20. The quantitative estimate of drug-likeness (QED) is 0.729. The highest BCUT2D eigenvalue weighted by Gasteiger charge is 2.24. The van der Waals surface area contributed by atoms with Gasteiger partial charge in [0, 0.05) is 13.6 Å². The van der Waals surface area contributed by atoms with Crippen LogP contribution in [0.25, 0.3) is 0 Å². The molecule has 4 nitrogen and oxygen atoms in total. The number of rotatable bonds is 5. The predicted octanol–water partition coefficient (Wildman–Crippen LogP) is 0.622. The molecule has 15 heavy (non-hydrogen) atoms. The molecule has 1 heterocycles. The molecule has 1 fully saturated rings. The molecule has 0 aliphatic carbocycles. The van der Waals surface area contributed by atoms with Crippen molar-refractivity contribution in [2.75, 3.05) is 26.7 Å². The van der Waals surface area contributed by atoms with Crippen molar-refractivity contribution in [1.29, 1.82) is 0 Å². The summed E-state index contributed by atoms with van der Waals surface area (Å²) in [5.74, 6) is 0.194. The Morgan fingerprint density at radius 2 is 2.33 bits per heavy atom. The largest absolute Gasteiger partial charge is 0.377 e. The number of carbonyl (C=O) groups is 1. The van der Waals surface area contributed by atoms with Gasteiger partial charge < -0.3 is 15.0 Å². The first kappa shape index (κ1) is 12.5. The van der Waals surface area contributed by atoms with Crippen molar-refractivity contribution in [2.24, 2.45) is 0 Å². The Kier molecular flexibility index (Phi) is 5.05. The highest BCUT2D eigenvalue weighted by molar-refractivity contribution is 5.81. The number of carbonyl (C=O) groups excluding carboxylic acids is 1. The van der Waals surface area contributed by atoms with Crippen LogP contribution in [0.4, 0.5) is 0 Å². The molecule has 0 radical (unpaired) electrons. The summed E-state index contributed by atoms with van der Waals surface area (Å²) in [5.41, 5.74) is 0. The molecule has 1 N–H and O–H groups in total. The van der Waals surface area contributed by atoms with Crippen LogP contribution in [0.2, 0.25) is 0 Å². The Bertz CT molecular complexity index is 201. The normalized spacial score (nSPS) is 20.9. The van der Waals surface area contributed by atoms with Crippen molar-refractivity contribution in [1.82, 2.24) is 10.2 Å². The van der Waals surface area contributed by atoms with Crippen molar-refractivity contribution in [3.63, 3.8) is 0 Å². The van der Waals surface area contributed by atoms with E-state index in [9.17, 15) is 4.79 Å². The van der Waals surface area contributed by atoms with Crippen molar-refractivity contribution in [3.8, 4) is 0 Å². The Hall–Kier alpha value is -0.610. The van der Waals surface area contributed by atoms with Gasteiger partial charge in [-0.25, -0.2) is 0 Å². The second-order valence-corrected chi connectivity index (χ2v) is 4.33. The standard InChI is InChI=1S/C11H22N2O2/c1-9(2)15-8-7-13(3)11(14)10-5-4-6-12-10/h9-10,12H,4-8H2,1-3H3. The minimum absolute atomic E-state index is 0.0362. The molecule has 4 heteroatoms. The van der Waals surface area contributed by atoms with Gasteiger partial charge in [-0.15, -0.1) is 0 Å². The molecule has 88 valence electrons. The van der Waals surface area contributed by atoms with Crippen LogP contribution in [0, 0.1) is 0 Å². The summed E-state index contributed by atoms with van der Waals surface area (Å²) in [4.78, 5) is 13.6. The fraction of sp³-hybridized carbons (Fsp3) is 0.909.